The highest BCUT2D eigenvalue weighted by molar-refractivity contribution is 4.85. The smallest absolute Gasteiger partial charge is 0.00124 e. The topological polar surface area (TPSA) is 3.24 Å². The van der Waals surface area contributed by atoms with Crippen LogP contribution in [-0.2, 0) is 0 Å². The van der Waals surface area contributed by atoms with Crippen LogP contribution in [0.5, 0.6) is 0 Å². The third-order valence-corrected chi connectivity index (χ3v) is 4.11. The summed E-state index contributed by atoms with van der Waals surface area (Å²) < 4.78 is 0. The van der Waals surface area contributed by atoms with Gasteiger partial charge in [0.2, 0.25) is 0 Å². The van der Waals surface area contributed by atoms with E-state index < -0.39 is 0 Å². The number of rotatable bonds is 1. The summed E-state index contributed by atoms with van der Waals surface area (Å²) in [5.74, 6) is 3.03. The first-order valence-corrected chi connectivity index (χ1v) is 5.96. The van der Waals surface area contributed by atoms with Crippen LogP contribution in [0.3, 0.4) is 0 Å². The molecule has 2 fully saturated rings. The van der Waals surface area contributed by atoms with Gasteiger partial charge in [-0.1, -0.05) is 39.0 Å². The minimum Gasteiger partial charge on any atom is -0.306 e. The Labute approximate surface area is 82.5 Å². The molecular formula is C12H23N. The molecular weight excluding hydrogens is 158 g/mol. The van der Waals surface area contributed by atoms with Gasteiger partial charge in [-0.25, -0.2) is 0 Å². The van der Waals surface area contributed by atoms with Crippen molar-refractivity contribution in [3.63, 3.8) is 0 Å². The minimum absolute atomic E-state index is 0.952. The van der Waals surface area contributed by atoms with Crippen LogP contribution >= 0.6 is 0 Å². The van der Waals surface area contributed by atoms with Crippen molar-refractivity contribution in [3.05, 3.63) is 0 Å². The molecule has 2 rings (SSSR count). The summed E-state index contributed by atoms with van der Waals surface area (Å²) in [5, 5.41) is 0. The van der Waals surface area contributed by atoms with Crippen LogP contribution < -0.4 is 0 Å². The predicted molar refractivity (Wildman–Crippen MR) is 56.7 cm³/mol. The van der Waals surface area contributed by atoms with Gasteiger partial charge in [-0.3, -0.25) is 0 Å². The van der Waals surface area contributed by atoms with Crippen molar-refractivity contribution in [1.82, 2.24) is 4.90 Å². The number of hydrogen-bond donors (Lipinski definition) is 0. The molecule has 0 aromatic carbocycles. The molecule has 13 heavy (non-hydrogen) atoms. The first-order valence-electron chi connectivity index (χ1n) is 5.96. The highest BCUT2D eigenvalue weighted by atomic mass is 15.1. The van der Waals surface area contributed by atoms with Gasteiger partial charge in [0.15, 0.2) is 0 Å². The molecule has 1 aliphatic heterocycles. The van der Waals surface area contributed by atoms with Gasteiger partial charge in [0.25, 0.3) is 0 Å². The van der Waals surface area contributed by atoms with E-state index in [0.717, 1.165) is 17.8 Å². The maximum Gasteiger partial charge on any atom is 0.00124 e. The van der Waals surface area contributed by atoms with Crippen LogP contribution in [0.4, 0.5) is 0 Å². The quantitative estimate of drug-likeness (QED) is 0.601. The summed E-state index contributed by atoms with van der Waals surface area (Å²) in [6.07, 6.45) is 7.52. The number of likely N-dealkylation sites (tertiary alicyclic amines) is 1. The molecule has 1 heterocycles. The van der Waals surface area contributed by atoms with Gasteiger partial charge >= 0.3 is 0 Å². The lowest BCUT2D eigenvalue weighted by Gasteiger charge is -2.29. The predicted octanol–water partition coefficient (Wildman–Crippen LogP) is 2.76. The van der Waals surface area contributed by atoms with E-state index in [1.165, 1.54) is 45.2 Å². The lowest BCUT2D eigenvalue weighted by Crippen LogP contribution is -2.23. The molecule has 76 valence electrons. The van der Waals surface area contributed by atoms with Crippen LogP contribution in [-0.4, -0.2) is 25.0 Å². The maximum atomic E-state index is 2.52. The molecule has 0 aromatic heterocycles. The summed E-state index contributed by atoms with van der Waals surface area (Å²) in [5.41, 5.74) is 0. The van der Waals surface area contributed by atoms with Crippen molar-refractivity contribution in [3.8, 4) is 0 Å². The van der Waals surface area contributed by atoms with E-state index >= 15 is 0 Å². The fourth-order valence-corrected chi connectivity index (χ4v) is 3.42. The van der Waals surface area contributed by atoms with Gasteiger partial charge in [-0.15, -0.1) is 0 Å². The number of hydrogen-bond acceptors (Lipinski definition) is 1. The van der Waals surface area contributed by atoms with E-state index in [-0.39, 0.29) is 0 Å². The van der Waals surface area contributed by atoms with Crippen LogP contribution in [0.1, 0.15) is 39.0 Å². The van der Waals surface area contributed by atoms with Crippen LogP contribution in [0.25, 0.3) is 0 Å². The molecule has 2 atom stereocenters. The zero-order chi connectivity index (χ0) is 9.26. The molecule has 1 saturated heterocycles. The summed E-state index contributed by atoms with van der Waals surface area (Å²) >= 11 is 0. The summed E-state index contributed by atoms with van der Waals surface area (Å²) in [7, 11) is 2.28. The second-order valence-electron chi connectivity index (χ2n) is 5.26. The van der Waals surface area contributed by atoms with Gasteiger partial charge in [-0.2, -0.15) is 0 Å². The molecule has 0 bridgehead atoms. The standard InChI is InChI=1S/C12H23N/c1-10-8-13(2)9-12(10)11-6-4-3-5-7-11/h10-12H,3-9H2,1-2H3/t10?,12-/m0/s1. The van der Waals surface area contributed by atoms with E-state index in [1.54, 1.807) is 0 Å². The lowest BCUT2D eigenvalue weighted by atomic mass is 9.76. The lowest BCUT2D eigenvalue weighted by molar-refractivity contribution is 0.220. The van der Waals surface area contributed by atoms with Crippen molar-refractivity contribution in [2.24, 2.45) is 17.8 Å². The van der Waals surface area contributed by atoms with E-state index in [1.807, 2.05) is 0 Å². The Kier molecular flexibility index (Phi) is 2.92. The first kappa shape index (κ1) is 9.51. The zero-order valence-electron chi connectivity index (χ0n) is 9.13. The third-order valence-electron chi connectivity index (χ3n) is 4.11. The Balaban J connectivity index is 1.91. The minimum atomic E-state index is 0.952. The fraction of sp³-hybridized carbons (Fsp3) is 1.00. The molecule has 1 saturated carbocycles. The second-order valence-corrected chi connectivity index (χ2v) is 5.26. The SMILES string of the molecule is CC1CN(C)C[C@@H]1C1CCCCC1. The second kappa shape index (κ2) is 4.00. The number of nitrogens with zero attached hydrogens (tertiary/aromatic N) is 1. The van der Waals surface area contributed by atoms with Crippen LogP contribution in [0, 0.1) is 17.8 Å². The first-order chi connectivity index (χ1) is 6.27. The third kappa shape index (κ3) is 2.07. The van der Waals surface area contributed by atoms with Crippen LogP contribution in [0.2, 0.25) is 0 Å². The molecule has 0 radical (unpaired) electrons. The van der Waals surface area contributed by atoms with Crippen LogP contribution in [0.15, 0.2) is 0 Å². The Morgan fingerprint density at radius 2 is 1.69 bits per heavy atom. The fourth-order valence-electron chi connectivity index (χ4n) is 3.42. The molecule has 0 amide bonds. The molecule has 0 N–H and O–H groups in total. The van der Waals surface area contributed by atoms with Crippen molar-refractivity contribution >= 4 is 0 Å². The normalized spacial score (nSPS) is 38.3. The summed E-state index contributed by atoms with van der Waals surface area (Å²) in [6.45, 7) is 5.15. The van der Waals surface area contributed by atoms with E-state index in [0.29, 0.717) is 0 Å². The van der Waals surface area contributed by atoms with Crippen molar-refractivity contribution in [1.29, 1.82) is 0 Å². The largest absolute Gasteiger partial charge is 0.306 e. The van der Waals surface area contributed by atoms with E-state index in [2.05, 4.69) is 18.9 Å². The Morgan fingerprint density at radius 3 is 2.23 bits per heavy atom. The van der Waals surface area contributed by atoms with Crippen molar-refractivity contribution < 1.29 is 0 Å². The van der Waals surface area contributed by atoms with E-state index in [9.17, 15) is 0 Å². The Morgan fingerprint density at radius 1 is 1.00 bits per heavy atom. The Hall–Kier alpha value is -0.0400. The Bertz CT molecular complexity index is 161. The summed E-state index contributed by atoms with van der Waals surface area (Å²) in [4.78, 5) is 2.52. The summed E-state index contributed by atoms with van der Waals surface area (Å²) in [6, 6.07) is 0. The molecule has 1 aliphatic carbocycles. The van der Waals surface area contributed by atoms with Gasteiger partial charge in [-0.05, 0) is 24.8 Å². The molecule has 1 unspecified atom stereocenters. The van der Waals surface area contributed by atoms with Crippen molar-refractivity contribution in [2.75, 3.05) is 20.1 Å². The van der Waals surface area contributed by atoms with Crippen molar-refractivity contribution in [2.45, 2.75) is 39.0 Å². The highest BCUT2D eigenvalue weighted by Crippen LogP contribution is 2.37. The van der Waals surface area contributed by atoms with Gasteiger partial charge in [0.05, 0.1) is 0 Å². The molecule has 2 aliphatic rings. The van der Waals surface area contributed by atoms with Gasteiger partial charge in [0, 0.05) is 13.1 Å². The zero-order valence-corrected chi connectivity index (χ0v) is 9.13. The average Bonchev–Trinajstić information content (AvgIpc) is 2.47. The monoisotopic (exact) mass is 181 g/mol. The highest BCUT2D eigenvalue weighted by Gasteiger charge is 2.33. The molecule has 0 aromatic rings. The molecule has 0 spiro atoms. The maximum absolute atomic E-state index is 2.52. The van der Waals surface area contributed by atoms with Gasteiger partial charge in [0.1, 0.15) is 0 Å². The van der Waals surface area contributed by atoms with E-state index in [4.69, 9.17) is 0 Å². The molecule has 1 nitrogen and oxygen atoms in total. The van der Waals surface area contributed by atoms with Gasteiger partial charge < -0.3 is 4.90 Å². The average molecular weight is 181 g/mol. The molecule has 1 heteroatoms.